The molecule has 82 valence electrons. The van der Waals surface area contributed by atoms with Gasteiger partial charge in [-0.25, -0.2) is 0 Å². The number of anilines is 1. The smallest absolute Gasteiger partial charge is 0.254 e. The Kier molecular flexibility index (Phi) is 1.96. The third kappa shape index (κ3) is 1.23. The van der Waals surface area contributed by atoms with Crippen LogP contribution in [0, 0.1) is 0 Å². The lowest BCUT2D eigenvalue weighted by Gasteiger charge is -2.27. The number of aliphatic imine (C=N–C) groups is 1. The van der Waals surface area contributed by atoms with Crippen LogP contribution in [0.2, 0.25) is 0 Å². The lowest BCUT2D eigenvalue weighted by molar-refractivity contribution is -0.115. The highest BCUT2D eigenvalue weighted by molar-refractivity contribution is 6.23. The third-order valence-corrected chi connectivity index (χ3v) is 2.93. The molecule has 0 fully saturated rings. The topological polar surface area (TPSA) is 41.9 Å². The summed E-state index contributed by atoms with van der Waals surface area (Å²) in [6, 6.07) is 5.96. The molecule has 0 saturated carbocycles. The second kappa shape index (κ2) is 3.33. The number of fused-ring (bicyclic) bond motifs is 3. The number of rotatable bonds is 1. The molecular weight excluding hydrogens is 204 g/mol. The van der Waals surface area contributed by atoms with Gasteiger partial charge in [0.1, 0.15) is 24.7 Å². The summed E-state index contributed by atoms with van der Waals surface area (Å²) in [4.78, 5) is 17.6. The number of nitrogens with zero attached hydrogens (tertiary/aromatic N) is 2. The van der Waals surface area contributed by atoms with Crippen molar-refractivity contribution in [1.82, 2.24) is 0 Å². The first-order valence-corrected chi connectivity index (χ1v) is 5.41. The summed E-state index contributed by atoms with van der Waals surface area (Å²) in [5.41, 5.74) is 2.04. The molecule has 1 amide bonds. The molecule has 1 aromatic carbocycles. The fourth-order valence-electron chi connectivity index (χ4n) is 2.05. The average Bonchev–Trinajstić information content (AvgIpc) is 2.71. The van der Waals surface area contributed by atoms with E-state index in [9.17, 15) is 4.79 Å². The summed E-state index contributed by atoms with van der Waals surface area (Å²) in [6.45, 7) is 2.73. The van der Waals surface area contributed by atoms with E-state index in [1.807, 2.05) is 18.2 Å². The van der Waals surface area contributed by atoms with Crippen molar-refractivity contribution in [2.75, 3.05) is 18.1 Å². The summed E-state index contributed by atoms with van der Waals surface area (Å²) >= 11 is 0. The van der Waals surface area contributed by atoms with Crippen molar-refractivity contribution in [2.24, 2.45) is 4.99 Å². The first kappa shape index (κ1) is 9.39. The van der Waals surface area contributed by atoms with Crippen molar-refractivity contribution in [3.05, 3.63) is 23.8 Å². The zero-order chi connectivity index (χ0) is 11.1. The minimum atomic E-state index is 0.0350. The Balaban J connectivity index is 2.12. The van der Waals surface area contributed by atoms with E-state index in [-0.39, 0.29) is 12.5 Å². The van der Waals surface area contributed by atoms with Crippen LogP contribution in [0.3, 0.4) is 0 Å². The Labute approximate surface area is 93.5 Å². The van der Waals surface area contributed by atoms with Crippen molar-refractivity contribution < 1.29 is 9.53 Å². The standard InChI is InChI=1S/C12H12N2O2/c1-2-8-3-4-10-9(5-8)14-11(7-16-10)13-6-12(14)15/h3-5H,2,6-7H2,1H3. The van der Waals surface area contributed by atoms with Crippen LogP contribution in [-0.2, 0) is 11.2 Å². The van der Waals surface area contributed by atoms with Gasteiger partial charge < -0.3 is 4.74 Å². The van der Waals surface area contributed by atoms with Gasteiger partial charge in [0.05, 0.1) is 5.69 Å². The maximum absolute atomic E-state index is 11.7. The molecule has 0 radical (unpaired) electrons. The molecule has 1 aromatic rings. The molecule has 0 aliphatic carbocycles. The number of hydrogen-bond donors (Lipinski definition) is 0. The number of carbonyl (C=O) groups is 1. The van der Waals surface area contributed by atoms with Gasteiger partial charge in [0.2, 0.25) is 0 Å². The van der Waals surface area contributed by atoms with Crippen LogP contribution in [0.1, 0.15) is 12.5 Å². The first-order chi connectivity index (χ1) is 7.79. The normalized spacial score (nSPS) is 17.7. The third-order valence-electron chi connectivity index (χ3n) is 2.93. The minimum Gasteiger partial charge on any atom is -0.483 e. The van der Waals surface area contributed by atoms with Crippen molar-refractivity contribution in [3.8, 4) is 5.75 Å². The Morgan fingerprint density at radius 3 is 3.19 bits per heavy atom. The Hall–Kier alpha value is -1.84. The molecule has 0 bridgehead atoms. The molecule has 4 nitrogen and oxygen atoms in total. The number of amidine groups is 1. The highest BCUT2D eigenvalue weighted by Crippen LogP contribution is 2.34. The van der Waals surface area contributed by atoms with Crippen molar-refractivity contribution in [2.45, 2.75) is 13.3 Å². The maximum Gasteiger partial charge on any atom is 0.254 e. The average molecular weight is 216 g/mol. The highest BCUT2D eigenvalue weighted by atomic mass is 16.5. The monoisotopic (exact) mass is 216 g/mol. The van der Waals surface area contributed by atoms with E-state index in [0.717, 1.165) is 23.7 Å². The number of amides is 1. The number of ether oxygens (including phenoxy) is 1. The van der Waals surface area contributed by atoms with E-state index in [1.54, 1.807) is 4.90 Å². The number of hydrogen-bond acceptors (Lipinski definition) is 3. The summed E-state index contributed by atoms with van der Waals surface area (Å²) < 4.78 is 5.56. The molecule has 0 aromatic heterocycles. The van der Waals surface area contributed by atoms with Crippen molar-refractivity contribution in [1.29, 1.82) is 0 Å². The fourth-order valence-corrected chi connectivity index (χ4v) is 2.05. The SMILES string of the molecule is CCc1ccc2c(c1)N1C(=O)CN=C1CO2. The largest absolute Gasteiger partial charge is 0.483 e. The molecular formula is C12H12N2O2. The molecule has 2 heterocycles. The van der Waals surface area contributed by atoms with Gasteiger partial charge >= 0.3 is 0 Å². The van der Waals surface area contributed by atoms with Crippen LogP contribution in [0.25, 0.3) is 0 Å². The molecule has 2 aliphatic heterocycles. The fraction of sp³-hybridized carbons (Fsp3) is 0.333. The molecule has 2 aliphatic rings. The molecule has 0 spiro atoms. The van der Waals surface area contributed by atoms with Crippen LogP contribution in [-0.4, -0.2) is 24.9 Å². The molecule has 4 heteroatoms. The van der Waals surface area contributed by atoms with E-state index in [0.29, 0.717) is 6.61 Å². The number of aryl methyl sites for hydroxylation is 1. The summed E-state index contributed by atoms with van der Waals surface area (Å²) in [5.74, 6) is 1.53. The van der Waals surface area contributed by atoms with Gasteiger partial charge in [-0.05, 0) is 24.1 Å². The summed E-state index contributed by atoms with van der Waals surface area (Å²) in [7, 11) is 0. The molecule has 0 unspecified atom stereocenters. The van der Waals surface area contributed by atoms with E-state index in [1.165, 1.54) is 5.56 Å². The molecule has 0 atom stereocenters. The molecule has 16 heavy (non-hydrogen) atoms. The zero-order valence-electron chi connectivity index (χ0n) is 9.06. The van der Waals surface area contributed by atoms with Gasteiger partial charge in [-0.2, -0.15) is 0 Å². The van der Waals surface area contributed by atoms with E-state index >= 15 is 0 Å². The highest BCUT2D eigenvalue weighted by Gasteiger charge is 2.33. The van der Waals surface area contributed by atoms with Gasteiger partial charge in [0.25, 0.3) is 5.91 Å². The van der Waals surface area contributed by atoms with Crippen molar-refractivity contribution >= 4 is 17.4 Å². The Bertz CT molecular complexity index is 494. The van der Waals surface area contributed by atoms with Gasteiger partial charge in [0.15, 0.2) is 0 Å². The quantitative estimate of drug-likeness (QED) is 0.711. The van der Waals surface area contributed by atoms with Crippen LogP contribution in [0.15, 0.2) is 23.2 Å². The Morgan fingerprint density at radius 2 is 2.38 bits per heavy atom. The maximum atomic E-state index is 11.7. The van der Waals surface area contributed by atoms with Crippen LogP contribution >= 0.6 is 0 Å². The van der Waals surface area contributed by atoms with Gasteiger partial charge in [-0.15, -0.1) is 0 Å². The number of carbonyl (C=O) groups excluding carboxylic acids is 1. The van der Waals surface area contributed by atoms with Gasteiger partial charge in [0, 0.05) is 0 Å². The van der Waals surface area contributed by atoms with Gasteiger partial charge in [-0.1, -0.05) is 13.0 Å². The first-order valence-electron chi connectivity index (χ1n) is 5.41. The van der Waals surface area contributed by atoms with E-state index in [4.69, 9.17) is 4.74 Å². The lowest BCUT2D eigenvalue weighted by Crippen LogP contribution is -2.39. The predicted molar refractivity (Wildman–Crippen MR) is 61.1 cm³/mol. The molecule has 0 N–H and O–H groups in total. The second-order valence-electron chi connectivity index (χ2n) is 3.91. The molecule has 3 rings (SSSR count). The van der Waals surface area contributed by atoms with Gasteiger partial charge in [-0.3, -0.25) is 14.7 Å². The van der Waals surface area contributed by atoms with E-state index in [2.05, 4.69) is 11.9 Å². The zero-order valence-corrected chi connectivity index (χ0v) is 9.06. The van der Waals surface area contributed by atoms with Crippen LogP contribution in [0.5, 0.6) is 5.75 Å². The van der Waals surface area contributed by atoms with E-state index < -0.39 is 0 Å². The summed E-state index contributed by atoms with van der Waals surface area (Å²) in [6.07, 6.45) is 0.946. The van der Waals surface area contributed by atoms with Crippen molar-refractivity contribution in [3.63, 3.8) is 0 Å². The van der Waals surface area contributed by atoms with Crippen LogP contribution in [0.4, 0.5) is 5.69 Å². The minimum absolute atomic E-state index is 0.0350. The lowest BCUT2D eigenvalue weighted by atomic mass is 10.1. The predicted octanol–water partition coefficient (Wildman–Crippen LogP) is 1.39. The van der Waals surface area contributed by atoms with Crippen LogP contribution < -0.4 is 9.64 Å². The summed E-state index contributed by atoms with van der Waals surface area (Å²) in [5, 5.41) is 0. The Morgan fingerprint density at radius 1 is 1.50 bits per heavy atom. The second-order valence-corrected chi connectivity index (χ2v) is 3.91. The number of benzene rings is 1. The molecule has 0 saturated heterocycles.